The predicted molar refractivity (Wildman–Crippen MR) is 139 cm³/mol. The second kappa shape index (κ2) is 10.6. The fourth-order valence-corrected chi connectivity index (χ4v) is 5.45. The number of benzene rings is 4. The van der Waals surface area contributed by atoms with Gasteiger partial charge in [0.05, 0.1) is 17.7 Å². The van der Waals surface area contributed by atoms with Crippen molar-refractivity contribution in [3.63, 3.8) is 0 Å². The fourth-order valence-electron chi connectivity index (χ4n) is 3.99. The zero-order valence-electron chi connectivity index (χ0n) is 19.8. The number of amides is 1. The van der Waals surface area contributed by atoms with E-state index < -0.39 is 10.0 Å². The molecule has 0 aliphatic carbocycles. The van der Waals surface area contributed by atoms with Gasteiger partial charge in [0.1, 0.15) is 12.3 Å². The van der Waals surface area contributed by atoms with Gasteiger partial charge < -0.3 is 9.64 Å². The van der Waals surface area contributed by atoms with E-state index in [9.17, 15) is 13.2 Å². The molecule has 0 saturated carbocycles. The van der Waals surface area contributed by atoms with Crippen LogP contribution in [0.3, 0.4) is 0 Å². The van der Waals surface area contributed by atoms with Gasteiger partial charge in [0.15, 0.2) is 0 Å². The smallest absolute Gasteiger partial charge is 0.264 e. The maximum absolute atomic E-state index is 13.9. The molecule has 4 aromatic rings. The lowest BCUT2D eigenvalue weighted by atomic mass is 10.1. The summed E-state index contributed by atoms with van der Waals surface area (Å²) in [7, 11) is -2.60. The summed E-state index contributed by atoms with van der Waals surface area (Å²) in [6.07, 6.45) is 0. The number of hydrogen-bond acceptors (Lipinski definition) is 4. The Morgan fingerprint density at radius 2 is 1.49 bits per heavy atom. The first-order valence-corrected chi connectivity index (χ1v) is 12.8. The maximum Gasteiger partial charge on any atom is 0.264 e. The molecule has 0 radical (unpaired) electrons. The summed E-state index contributed by atoms with van der Waals surface area (Å²) in [5.74, 6) is 0.0717. The lowest BCUT2D eigenvalue weighted by molar-refractivity contribution is -0.129. The Balaban J connectivity index is 1.74. The van der Waals surface area contributed by atoms with E-state index in [4.69, 9.17) is 4.74 Å². The molecule has 0 aromatic heterocycles. The molecule has 35 heavy (non-hydrogen) atoms. The standard InChI is InChI=1S/C28H28N2O4S/c1-3-29(20-22-11-5-4-6-12-22)28(31)21-30(26-15-9-10-16-27(26)34-2)35(32,33)25-18-17-23-13-7-8-14-24(23)19-25/h4-19H,3,20-21H2,1-2H3. The summed E-state index contributed by atoms with van der Waals surface area (Å²) >= 11 is 0. The van der Waals surface area contributed by atoms with Gasteiger partial charge in [-0.2, -0.15) is 0 Å². The molecule has 0 N–H and O–H groups in total. The third-order valence-corrected chi connectivity index (χ3v) is 7.65. The fraction of sp³-hybridized carbons (Fsp3) is 0.179. The molecule has 4 aromatic carbocycles. The molecule has 0 aliphatic rings. The largest absolute Gasteiger partial charge is 0.495 e. The number of anilines is 1. The van der Waals surface area contributed by atoms with Gasteiger partial charge in [0.25, 0.3) is 10.0 Å². The zero-order chi connectivity index (χ0) is 24.8. The van der Waals surface area contributed by atoms with Crippen molar-refractivity contribution in [3.8, 4) is 5.75 Å². The van der Waals surface area contributed by atoms with Crippen LogP contribution in [0.2, 0.25) is 0 Å². The van der Waals surface area contributed by atoms with E-state index in [1.165, 1.54) is 7.11 Å². The molecule has 4 rings (SSSR count). The van der Waals surface area contributed by atoms with E-state index in [2.05, 4.69) is 0 Å². The molecule has 1 amide bonds. The Labute approximate surface area is 206 Å². The molecule has 0 aliphatic heterocycles. The van der Waals surface area contributed by atoms with Crippen LogP contribution in [0.25, 0.3) is 10.8 Å². The van der Waals surface area contributed by atoms with Crippen LogP contribution < -0.4 is 9.04 Å². The van der Waals surface area contributed by atoms with Gasteiger partial charge in [-0.15, -0.1) is 0 Å². The van der Waals surface area contributed by atoms with Crippen molar-refractivity contribution in [1.82, 2.24) is 4.90 Å². The number of nitrogens with zero attached hydrogens (tertiary/aromatic N) is 2. The average Bonchev–Trinajstić information content (AvgIpc) is 2.90. The second-order valence-electron chi connectivity index (χ2n) is 8.09. The Morgan fingerprint density at radius 1 is 0.829 bits per heavy atom. The highest BCUT2D eigenvalue weighted by Gasteiger charge is 2.31. The third-order valence-electron chi connectivity index (χ3n) is 5.89. The van der Waals surface area contributed by atoms with Crippen molar-refractivity contribution < 1.29 is 17.9 Å². The molecule has 0 atom stereocenters. The summed E-state index contributed by atoms with van der Waals surface area (Å²) in [6.45, 7) is 2.37. The van der Waals surface area contributed by atoms with Gasteiger partial charge in [-0.3, -0.25) is 9.10 Å². The first-order chi connectivity index (χ1) is 16.9. The highest BCUT2D eigenvalue weighted by atomic mass is 32.2. The lowest BCUT2D eigenvalue weighted by Gasteiger charge is -2.29. The molecule has 0 spiro atoms. The van der Waals surface area contributed by atoms with Gasteiger partial charge in [0, 0.05) is 13.1 Å². The molecule has 0 unspecified atom stereocenters. The average molecular weight is 489 g/mol. The number of para-hydroxylation sites is 2. The molecule has 6 nitrogen and oxygen atoms in total. The van der Waals surface area contributed by atoms with Crippen LogP contribution in [0.15, 0.2) is 102 Å². The van der Waals surface area contributed by atoms with Crippen molar-refractivity contribution in [2.45, 2.75) is 18.4 Å². The van der Waals surface area contributed by atoms with Crippen molar-refractivity contribution >= 4 is 32.4 Å². The minimum atomic E-state index is -4.08. The van der Waals surface area contributed by atoms with Gasteiger partial charge >= 0.3 is 0 Å². The molecule has 0 bridgehead atoms. The minimum absolute atomic E-state index is 0.112. The number of likely N-dealkylation sites (N-methyl/N-ethyl adjacent to an activating group) is 1. The summed E-state index contributed by atoms with van der Waals surface area (Å²) in [5.41, 5.74) is 1.29. The van der Waals surface area contributed by atoms with Gasteiger partial charge in [-0.1, -0.05) is 72.8 Å². The van der Waals surface area contributed by atoms with Crippen LogP contribution in [0.5, 0.6) is 5.75 Å². The first kappa shape index (κ1) is 24.3. The third kappa shape index (κ3) is 5.30. The number of ether oxygens (including phenoxy) is 1. The van der Waals surface area contributed by atoms with Gasteiger partial charge in [0.2, 0.25) is 5.91 Å². The molecule has 0 saturated heterocycles. The van der Waals surface area contributed by atoms with Crippen molar-refractivity contribution in [3.05, 3.63) is 103 Å². The maximum atomic E-state index is 13.9. The van der Waals surface area contributed by atoms with Crippen molar-refractivity contribution in [1.29, 1.82) is 0 Å². The number of hydrogen-bond donors (Lipinski definition) is 0. The Kier molecular flexibility index (Phi) is 7.36. The van der Waals surface area contributed by atoms with Gasteiger partial charge in [-0.05, 0) is 47.5 Å². The molecule has 180 valence electrons. The summed E-state index contributed by atoms with van der Waals surface area (Å²) in [6, 6.07) is 29.0. The van der Waals surface area contributed by atoms with E-state index in [1.807, 2.05) is 61.5 Å². The summed E-state index contributed by atoms with van der Waals surface area (Å²) in [4.78, 5) is 15.2. The number of sulfonamides is 1. The van der Waals surface area contributed by atoms with Crippen LogP contribution in [-0.2, 0) is 21.4 Å². The molecular weight excluding hydrogens is 460 g/mol. The topological polar surface area (TPSA) is 66.9 Å². The molecular formula is C28H28N2O4S. The van der Waals surface area contributed by atoms with Crippen LogP contribution in [0.4, 0.5) is 5.69 Å². The number of fused-ring (bicyclic) bond motifs is 1. The minimum Gasteiger partial charge on any atom is -0.495 e. The molecule has 7 heteroatoms. The highest BCUT2D eigenvalue weighted by Crippen LogP contribution is 2.33. The van der Waals surface area contributed by atoms with Crippen molar-refractivity contribution in [2.75, 3.05) is 24.5 Å². The Morgan fingerprint density at radius 3 is 2.20 bits per heavy atom. The zero-order valence-corrected chi connectivity index (χ0v) is 20.6. The number of carbonyl (C=O) groups excluding carboxylic acids is 1. The number of methoxy groups -OCH3 is 1. The van der Waals surface area contributed by atoms with Crippen LogP contribution in [0.1, 0.15) is 12.5 Å². The Hall–Kier alpha value is -3.84. The summed E-state index contributed by atoms with van der Waals surface area (Å²) in [5, 5.41) is 1.74. The lowest BCUT2D eigenvalue weighted by Crippen LogP contribution is -2.43. The SMILES string of the molecule is CCN(Cc1ccccc1)C(=O)CN(c1ccccc1OC)S(=O)(=O)c1ccc2ccccc2c1. The number of carbonyl (C=O) groups is 1. The first-order valence-electron chi connectivity index (χ1n) is 11.4. The van der Waals surface area contributed by atoms with E-state index in [-0.39, 0.29) is 17.3 Å². The molecule has 0 heterocycles. The van der Waals surface area contributed by atoms with E-state index in [1.54, 1.807) is 47.4 Å². The highest BCUT2D eigenvalue weighted by molar-refractivity contribution is 7.92. The normalized spacial score (nSPS) is 11.3. The van der Waals surface area contributed by atoms with Crippen LogP contribution in [-0.4, -0.2) is 39.4 Å². The van der Waals surface area contributed by atoms with Crippen molar-refractivity contribution in [2.24, 2.45) is 0 Å². The quantitative estimate of drug-likeness (QED) is 0.329. The van der Waals surface area contributed by atoms with E-state index in [0.29, 0.717) is 24.5 Å². The monoisotopic (exact) mass is 488 g/mol. The van der Waals surface area contributed by atoms with E-state index in [0.717, 1.165) is 20.6 Å². The predicted octanol–water partition coefficient (Wildman–Crippen LogP) is 5.09. The van der Waals surface area contributed by atoms with Crippen LogP contribution in [0, 0.1) is 0 Å². The van der Waals surface area contributed by atoms with E-state index >= 15 is 0 Å². The molecule has 0 fully saturated rings. The van der Waals surface area contributed by atoms with Crippen LogP contribution >= 0.6 is 0 Å². The number of rotatable bonds is 9. The van der Waals surface area contributed by atoms with Gasteiger partial charge in [-0.25, -0.2) is 8.42 Å². The summed E-state index contributed by atoms with van der Waals surface area (Å²) < 4.78 is 34.5. The second-order valence-corrected chi connectivity index (χ2v) is 9.95. The Bertz CT molecular complexity index is 1420.